The maximum Gasteiger partial charge on any atom is 0.133 e. The molecular weight excluding hydrogens is 222 g/mol. The molecule has 1 rings (SSSR count). The number of ketones is 1. The summed E-state index contributed by atoms with van der Waals surface area (Å²) in [6.07, 6.45) is 8.18. The minimum absolute atomic E-state index is 0.440. The number of hydrogen-bond acceptors (Lipinski definition) is 2. The normalized spacial score (nSPS) is 16.8. The minimum Gasteiger partial charge on any atom is -0.300 e. The van der Waals surface area contributed by atoms with Gasteiger partial charge >= 0.3 is 0 Å². The van der Waals surface area contributed by atoms with Gasteiger partial charge in [0, 0.05) is 32.0 Å². The highest BCUT2D eigenvalue weighted by Crippen LogP contribution is 2.20. The molecular formula is C16H27NO. The van der Waals surface area contributed by atoms with Crippen molar-refractivity contribution in [2.45, 2.75) is 59.4 Å². The molecule has 0 spiro atoms. The largest absolute Gasteiger partial charge is 0.300 e. The molecule has 2 nitrogen and oxygen atoms in total. The van der Waals surface area contributed by atoms with Crippen molar-refractivity contribution >= 4 is 5.78 Å². The van der Waals surface area contributed by atoms with Crippen LogP contribution in [-0.4, -0.2) is 29.8 Å². The lowest BCUT2D eigenvalue weighted by atomic mass is 9.93. The van der Waals surface area contributed by atoms with E-state index in [2.05, 4.69) is 44.7 Å². The van der Waals surface area contributed by atoms with Gasteiger partial charge in [0.1, 0.15) is 5.78 Å². The van der Waals surface area contributed by atoms with Crippen LogP contribution in [0.4, 0.5) is 0 Å². The SMILES string of the molecule is CC(C)=CCN(CC=C(C)C)C1CCC(=O)CC1. The number of allylic oxidation sites excluding steroid dienone is 2. The summed E-state index contributed by atoms with van der Waals surface area (Å²) in [4.78, 5) is 13.8. The van der Waals surface area contributed by atoms with Crippen LogP contribution in [0.2, 0.25) is 0 Å². The Morgan fingerprint density at radius 2 is 1.50 bits per heavy atom. The second kappa shape index (κ2) is 7.52. The van der Waals surface area contributed by atoms with Crippen LogP contribution in [0, 0.1) is 0 Å². The highest BCUT2D eigenvalue weighted by molar-refractivity contribution is 5.79. The van der Waals surface area contributed by atoms with E-state index in [9.17, 15) is 4.79 Å². The van der Waals surface area contributed by atoms with Gasteiger partial charge in [-0.05, 0) is 40.5 Å². The summed E-state index contributed by atoms with van der Waals surface area (Å²) in [6.45, 7) is 10.6. The molecule has 2 heteroatoms. The van der Waals surface area contributed by atoms with Crippen molar-refractivity contribution in [3.63, 3.8) is 0 Å². The predicted octanol–water partition coefficient (Wildman–Crippen LogP) is 3.73. The third kappa shape index (κ3) is 5.63. The van der Waals surface area contributed by atoms with Crippen molar-refractivity contribution in [2.24, 2.45) is 0 Å². The molecule has 0 N–H and O–H groups in total. The van der Waals surface area contributed by atoms with Gasteiger partial charge in [-0.25, -0.2) is 0 Å². The summed E-state index contributed by atoms with van der Waals surface area (Å²) in [5.74, 6) is 0.440. The monoisotopic (exact) mass is 249 g/mol. The first-order chi connectivity index (χ1) is 8.49. The standard InChI is InChI=1S/C16H27NO/c1-13(2)9-11-17(12-10-14(3)4)15-5-7-16(18)8-6-15/h9-10,15H,5-8,11-12H2,1-4H3. The Balaban J connectivity index is 2.61. The molecule has 0 aromatic rings. The number of Topliss-reactive ketones (excluding diaryl/α,β-unsaturated/α-hetero) is 1. The van der Waals surface area contributed by atoms with Gasteiger partial charge in [0.15, 0.2) is 0 Å². The van der Waals surface area contributed by atoms with Crippen LogP contribution in [0.1, 0.15) is 53.4 Å². The van der Waals surface area contributed by atoms with Gasteiger partial charge in [-0.2, -0.15) is 0 Å². The molecule has 102 valence electrons. The van der Waals surface area contributed by atoms with Crippen molar-refractivity contribution in [1.82, 2.24) is 4.90 Å². The fourth-order valence-electron chi connectivity index (χ4n) is 2.26. The molecule has 0 heterocycles. The topological polar surface area (TPSA) is 20.3 Å². The molecule has 1 aliphatic carbocycles. The van der Waals surface area contributed by atoms with E-state index in [-0.39, 0.29) is 0 Å². The Labute approximate surface area is 112 Å². The Kier molecular flexibility index (Phi) is 6.34. The zero-order valence-electron chi connectivity index (χ0n) is 12.3. The maximum absolute atomic E-state index is 11.3. The van der Waals surface area contributed by atoms with E-state index in [0.29, 0.717) is 11.8 Å². The quantitative estimate of drug-likeness (QED) is 0.692. The summed E-state index contributed by atoms with van der Waals surface area (Å²) < 4.78 is 0. The van der Waals surface area contributed by atoms with E-state index in [4.69, 9.17) is 0 Å². The molecule has 1 fully saturated rings. The second-order valence-electron chi connectivity index (χ2n) is 5.79. The molecule has 0 aliphatic heterocycles. The maximum atomic E-state index is 11.3. The zero-order valence-corrected chi connectivity index (χ0v) is 12.3. The average molecular weight is 249 g/mol. The molecule has 0 aromatic carbocycles. The van der Waals surface area contributed by atoms with Crippen molar-refractivity contribution < 1.29 is 4.79 Å². The first kappa shape index (κ1) is 15.2. The van der Waals surface area contributed by atoms with Gasteiger partial charge in [0.25, 0.3) is 0 Å². The molecule has 1 aliphatic rings. The number of nitrogens with zero attached hydrogens (tertiary/aromatic N) is 1. The van der Waals surface area contributed by atoms with Crippen LogP contribution in [0.5, 0.6) is 0 Å². The minimum atomic E-state index is 0.440. The highest BCUT2D eigenvalue weighted by Gasteiger charge is 2.23. The average Bonchev–Trinajstić information content (AvgIpc) is 2.30. The van der Waals surface area contributed by atoms with Crippen molar-refractivity contribution in [1.29, 1.82) is 0 Å². The highest BCUT2D eigenvalue weighted by atomic mass is 16.1. The number of carbonyl (C=O) groups is 1. The van der Waals surface area contributed by atoms with Crippen molar-refractivity contribution in [3.05, 3.63) is 23.3 Å². The lowest BCUT2D eigenvalue weighted by molar-refractivity contribution is -0.121. The molecule has 0 bridgehead atoms. The first-order valence-electron chi connectivity index (χ1n) is 7.01. The van der Waals surface area contributed by atoms with Gasteiger partial charge in [-0.1, -0.05) is 23.3 Å². The fourth-order valence-corrected chi connectivity index (χ4v) is 2.26. The Morgan fingerprint density at radius 3 is 1.89 bits per heavy atom. The molecule has 0 saturated heterocycles. The van der Waals surface area contributed by atoms with Gasteiger partial charge in [0.05, 0.1) is 0 Å². The van der Waals surface area contributed by atoms with E-state index >= 15 is 0 Å². The van der Waals surface area contributed by atoms with Crippen LogP contribution >= 0.6 is 0 Å². The molecule has 18 heavy (non-hydrogen) atoms. The molecule has 1 saturated carbocycles. The van der Waals surface area contributed by atoms with E-state index < -0.39 is 0 Å². The Bertz CT molecular complexity index is 303. The van der Waals surface area contributed by atoms with Gasteiger partial charge in [-0.3, -0.25) is 9.69 Å². The van der Waals surface area contributed by atoms with Crippen LogP contribution in [-0.2, 0) is 4.79 Å². The summed E-state index contributed by atoms with van der Waals surface area (Å²) >= 11 is 0. The third-order valence-corrected chi connectivity index (χ3v) is 3.50. The molecule has 0 unspecified atom stereocenters. The van der Waals surface area contributed by atoms with Gasteiger partial charge in [-0.15, -0.1) is 0 Å². The third-order valence-electron chi connectivity index (χ3n) is 3.50. The van der Waals surface area contributed by atoms with Crippen LogP contribution < -0.4 is 0 Å². The second-order valence-corrected chi connectivity index (χ2v) is 5.79. The first-order valence-corrected chi connectivity index (χ1v) is 7.01. The summed E-state index contributed by atoms with van der Waals surface area (Å²) in [5.41, 5.74) is 2.73. The smallest absolute Gasteiger partial charge is 0.133 e. The molecule has 0 atom stereocenters. The van der Waals surface area contributed by atoms with E-state index in [1.165, 1.54) is 11.1 Å². The lowest BCUT2D eigenvalue weighted by Gasteiger charge is -2.32. The van der Waals surface area contributed by atoms with Gasteiger partial charge < -0.3 is 0 Å². The van der Waals surface area contributed by atoms with E-state index in [0.717, 1.165) is 38.8 Å². The number of rotatable bonds is 5. The molecule has 0 aromatic heterocycles. The van der Waals surface area contributed by atoms with Gasteiger partial charge in [0.2, 0.25) is 0 Å². The van der Waals surface area contributed by atoms with E-state index in [1.54, 1.807) is 0 Å². The van der Waals surface area contributed by atoms with Crippen LogP contribution in [0.3, 0.4) is 0 Å². The van der Waals surface area contributed by atoms with Crippen LogP contribution in [0.15, 0.2) is 23.3 Å². The Morgan fingerprint density at radius 1 is 1.06 bits per heavy atom. The lowest BCUT2D eigenvalue weighted by Crippen LogP contribution is -2.38. The van der Waals surface area contributed by atoms with Crippen molar-refractivity contribution in [3.8, 4) is 0 Å². The summed E-state index contributed by atoms with van der Waals surface area (Å²) in [5, 5.41) is 0. The summed E-state index contributed by atoms with van der Waals surface area (Å²) in [6, 6.07) is 0.578. The Hall–Kier alpha value is -0.890. The number of hydrogen-bond donors (Lipinski definition) is 0. The molecule has 0 radical (unpaired) electrons. The molecule has 0 amide bonds. The summed E-state index contributed by atoms with van der Waals surface area (Å²) in [7, 11) is 0. The zero-order chi connectivity index (χ0) is 13.5. The number of carbonyl (C=O) groups excluding carboxylic acids is 1. The fraction of sp³-hybridized carbons (Fsp3) is 0.688. The van der Waals surface area contributed by atoms with Crippen LogP contribution in [0.25, 0.3) is 0 Å². The predicted molar refractivity (Wildman–Crippen MR) is 77.7 cm³/mol. The van der Waals surface area contributed by atoms with E-state index in [1.807, 2.05) is 0 Å². The van der Waals surface area contributed by atoms with Crippen molar-refractivity contribution in [2.75, 3.05) is 13.1 Å².